The summed E-state index contributed by atoms with van der Waals surface area (Å²) in [5, 5.41) is 0. The topological polar surface area (TPSA) is 68.1 Å². The van der Waals surface area contributed by atoms with Crippen molar-refractivity contribution in [3.05, 3.63) is 39.8 Å². The summed E-state index contributed by atoms with van der Waals surface area (Å²) in [4.78, 5) is 11.4. The molecular formula is C23H29BrN4O2S. The third kappa shape index (κ3) is 4.12. The van der Waals surface area contributed by atoms with Crippen LogP contribution in [0.15, 0.2) is 23.1 Å². The van der Waals surface area contributed by atoms with E-state index in [0.717, 1.165) is 41.8 Å². The summed E-state index contributed by atoms with van der Waals surface area (Å²) in [6.45, 7) is 10.0. The maximum atomic E-state index is 13.0. The van der Waals surface area contributed by atoms with Gasteiger partial charge >= 0.3 is 0 Å². The highest BCUT2D eigenvalue weighted by molar-refractivity contribution is 9.10. The molecule has 8 heteroatoms. The van der Waals surface area contributed by atoms with Crippen LogP contribution >= 0.6 is 15.9 Å². The van der Waals surface area contributed by atoms with Gasteiger partial charge in [-0.2, -0.15) is 0 Å². The Balaban J connectivity index is 2.08. The first kappa shape index (κ1) is 22.3. The van der Waals surface area contributed by atoms with Crippen molar-refractivity contribution in [2.24, 2.45) is 5.92 Å². The molecule has 1 saturated carbocycles. The Kier molecular flexibility index (Phi) is 5.89. The molecule has 2 aromatic heterocycles. The van der Waals surface area contributed by atoms with Crippen LogP contribution in [-0.4, -0.2) is 41.7 Å². The van der Waals surface area contributed by atoms with Gasteiger partial charge in [0.15, 0.2) is 5.82 Å². The Hall–Kier alpha value is -1.93. The zero-order valence-corrected chi connectivity index (χ0v) is 21.1. The van der Waals surface area contributed by atoms with Gasteiger partial charge in [0.1, 0.15) is 22.0 Å². The average molecular weight is 505 g/mol. The van der Waals surface area contributed by atoms with Gasteiger partial charge in [0.25, 0.3) is 0 Å². The average Bonchev–Trinajstić information content (AvgIpc) is 3.42. The largest absolute Gasteiger partial charge is 0.354 e. The number of hydrogen-bond acceptors (Lipinski definition) is 5. The van der Waals surface area contributed by atoms with E-state index < -0.39 is 10.0 Å². The quantitative estimate of drug-likeness (QED) is 0.441. The Morgan fingerprint density at radius 3 is 2.32 bits per heavy atom. The zero-order valence-electron chi connectivity index (χ0n) is 18.7. The lowest BCUT2D eigenvalue weighted by molar-refractivity contribution is 0.594. The van der Waals surface area contributed by atoms with E-state index in [1.165, 1.54) is 28.6 Å². The van der Waals surface area contributed by atoms with Crippen LogP contribution in [0.1, 0.15) is 42.9 Å². The normalized spacial score (nSPS) is 14.4. The Labute approximate surface area is 192 Å². The lowest BCUT2D eigenvalue weighted by atomic mass is 9.95. The lowest BCUT2D eigenvalue weighted by Crippen LogP contribution is -2.28. The zero-order chi connectivity index (χ0) is 22.5. The molecule has 3 aromatic rings. The summed E-state index contributed by atoms with van der Waals surface area (Å²) in [6, 6.07) is 4.24. The Morgan fingerprint density at radius 1 is 1.13 bits per heavy atom. The maximum absolute atomic E-state index is 13.0. The van der Waals surface area contributed by atoms with E-state index in [2.05, 4.69) is 70.6 Å². The minimum absolute atomic E-state index is 0.504. The van der Waals surface area contributed by atoms with Gasteiger partial charge in [-0.25, -0.2) is 22.4 Å². The third-order valence-corrected chi connectivity index (χ3v) is 7.87. The highest BCUT2D eigenvalue weighted by Gasteiger charge is 2.31. The van der Waals surface area contributed by atoms with Crippen LogP contribution in [0.5, 0.6) is 0 Å². The molecule has 1 aliphatic carbocycles. The molecule has 0 saturated heterocycles. The van der Waals surface area contributed by atoms with Gasteiger partial charge in [-0.1, -0.05) is 24.6 Å². The van der Waals surface area contributed by atoms with Crippen molar-refractivity contribution >= 4 is 42.8 Å². The second-order valence-corrected chi connectivity index (χ2v) is 11.3. The van der Waals surface area contributed by atoms with Gasteiger partial charge in [-0.3, -0.25) is 0 Å². The number of rotatable bonds is 7. The van der Waals surface area contributed by atoms with Crippen LogP contribution < -0.4 is 4.90 Å². The van der Waals surface area contributed by atoms with E-state index in [4.69, 9.17) is 0 Å². The van der Waals surface area contributed by atoms with Crippen LogP contribution in [0, 0.1) is 26.7 Å². The van der Waals surface area contributed by atoms with E-state index in [1.807, 2.05) is 0 Å². The van der Waals surface area contributed by atoms with E-state index in [-0.39, 0.29) is 0 Å². The fraction of sp³-hybridized carbons (Fsp3) is 0.478. The monoisotopic (exact) mass is 504 g/mol. The summed E-state index contributed by atoms with van der Waals surface area (Å²) >= 11 is 3.64. The Bertz CT molecular complexity index is 1240. The minimum atomic E-state index is -3.60. The number of nitrogens with zero attached hydrogens (tertiary/aromatic N) is 4. The van der Waals surface area contributed by atoms with Crippen molar-refractivity contribution in [3.63, 3.8) is 0 Å². The smallest absolute Gasteiger partial charge is 0.237 e. The van der Waals surface area contributed by atoms with Crippen LogP contribution in [-0.2, 0) is 10.0 Å². The molecule has 1 fully saturated rings. The summed E-state index contributed by atoms with van der Waals surface area (Å²) < 4.78 is 27.8. The van der Waals surface area contributed by atoms with Gasteiger partial charge in [-0.15, -0.1) is 0 Å². The molecule has 0 amide bonds. The maximum Gasteiger partial charge on any atom is 0.237 e. The predicted octanol–water partition coefficient (Wildman–Crippen LogP) is 5.22. The van der Waals surface area contributed by atoms with Crippen molar-refractivity contribution < 1.29 is 8.42 Å². The van der Waals surface area contributed by atoms with Crippen molar-refractivity contribution in [2.45, 2.75) is 47.0 Å². The van der Waals surface area contributed by atoms with Crippen LogP contribution in [0.25, 0.3) is 22.2 Å². The van der Waals surface area contributed by atoms with Crippen LogP contribution in [0.2, 0.25) is 0 Å². The van der Waals surface area contributed by atoms with Crippen molar-refractivity contribution in [3.8, 4) is 11.1 Å². The first-order valence-electron chi connectivity index (χ1n) is 10.7. The summed E-state index contributed by atoms with van der Waals surface area (Å²) in [7, 11) is -3.60. The van der Waals surface area contributed by atoms with Crippen molar-refractivity contribution in [1.29, 1.82) is 0 Å². The van der Waals surface area contributed by atoms with E-state index in [0.29, 0.717) is 27.4 Å². The molecule has 0 spiro atoms. The van der Waals surface area contributed by atoms with Gasteiger partial charge in [0, 0.05) is 18.7 Å². The third-order valence-electron chi connectivity index (χ3n) is 5.85. The van der Waals surface area contributed by atoms with Gasteiger partial charge in [0.2, 0.25) is 10.0 Å². The minimum Gasteiger partial charge on any atom is -0.354 e. The molecular weight excluding hydrogens is 476 g/mol. The first-order chi connectivity index (χ1) is 14.6. The van der Waals surface area contributed by atoms with E-state index >= 15 is 0 Å². The van der Waals surface area contributed by atoms with Crippen LogP contribution in [0.4, 0.5) is 5.82 Å². The molecule has 0 unspecified atom stereocenters. The van der Waals surface area contributed by atoms with Crippen LogP contribution in [0.3, 0.4) is 0 Å². The Morgan fingerprint density at radius 2 is 1.77 bits per heavy atom. The second-order valence-electron chi connectivity index (χ2n) is 8.75. The van der Waals surface area contributed by atoms with Crippen molar-refractivity contribution in [2.75, 3.05) is 24.2 Å². The summed E-state index contributed by atoms with van der Waals surface area (Å²) in [5.74, 6) is 1.35. The molecule has 2 heterocycles. The lowest BCUT2D eigenvalue weighted by Gasteiger charge is -2.24. The molecule has 4 rings (SSSR count). The SMILES string of the molecule is CCCN(CC1CC1)c1ncnc2c(-c3c(C)cc(C)cc3C)c(Br)n(S(C)(=O)=O)c12. The molecule has 31 heavy (non-hydrogen) atoms. The highest BCUT2D eigenvalue weighted by atomic mass is 79.9. The second kappa shape index (κ2) is 8.20. The molecule has 0 radical (unpaired) electrons. The molecule has 0 aliphatic heterocycles. The summed E-state index contributed by atoms with van der Waals surface area (Å²) in [5.41, 5.74) is 6.40. The molecule has 166 valence electrons. The van der Waals surface area contributed by atoms with Gasteiger partial charge in [0.05, 0.1) is 6.26 Å². The molecule has 1 aromatic carbocycles. The molecule has 0 bridgehead atoms. The van der Waals surface area contributed by atoms with Gasteiger partial charge in [-0.05, 0) is 78.6 Å². The number of benzene rings is 1. The van der Waals surface area contributed by atoms with Gasteiger partial charge < -0.3 is 4.90 Å². The van der Waals surface area contributed by atoms with E-state index in [1.54, 1.807) is 6.33 Å². The molecule has 1 aliphatic rings. The molecule has 0 atom stereocenters. The highest BCUT2D eigenvalue weighted by Crippen LogP contribution is 2.44. The van der Waals surface area contributed by atoms with E-state index in [9.17, 15) is 8.42 Å². The number of aromatic nitrogens is 3. The number of anilines is 1. The number of aryl methyl sites for hydroxylation is 3. The molecule has 6 nitrogen and oxygen atoms in total. The standard InChI is InChI=1S/C23H29BrN4O2S/c1-6-9-27(12-17-7-8-17)23-21-20(25-13-26-23)19(22(24)28(21)31(5,29)30)18-15(3)10-14(2)11-16(18)4/h10-11,13,17H,6-9,12H2,1-5H3. The predicted molar refractivity (Wildman–Crippen MR) is 130 cm³/mol. The fourth-order valence-electron chi connectivity index (χ4n) is 4.54. The molecule has 0 N–H and O–H groups in total. The summed E-state index contributed by atoms with van der Waals surface area (Å²) in [6.07, 6.45) is 6.20. The van der Waals surface area contributed by atoms with Crippen molar-refractivity contribution in [1.82, 2.24) is 13.9 Å². The fourth-order valence-corrected chi connectivity index (χ4v) is 6.78. The number of hydrogen-bond donors (Lipinski definition) is 0. The number of halogens is 1. The first-order valence-corrected chi connectivity index (χ1v) is 13.4. The number of fused-ring (bicyclic) bond motifs is 1.